The van der Waals surface area contributed by atoms with Crippen molar-refractivity contribution in [2.24, 2.45) is 17.8 Å². The predicted octanol–water partition coefficient (Wildman–Crippen LogP) is 14.1. The van der Waals surface area contributed by atoms with Crippen molar-refractivity contribution < 1.29 is 0 Å². The number of hydrogen-bond donors (Lipinski definition) is 0. The standard InChI is InChI=1S/C38H75N/c1-5-6-7-8-21-24-29-36(2)31-27-33-38(4)34-28-32-37(3)30-25-22-19-17-15-13-11-9-10-12-14-16-18-20-23-26-35-39/h36-38H,5-34H2,1-4H3. The molecule has 0 aromatic carbocycles. The number of nitrogens with zero attached hydrogens (tertiary/aromatic N) is 1. The van der Waals surface area contributed by atoms with Gasteiger partial charge in [0.05, 0.1) is 6.07 Å². The number of hydrogen-bond acceptors (Lipinski definition) is 1. The van der Waals surface area contributed by atoms with Crippen LogP contribution in [0.1, 0.15) is 220 Å². The zero-order valence-corrected chi connectivity index (χ0v) is 27.9. The number of nitriles is 1. The van der Waals surface area contributed by atoms with E-state index in [2.05, 4.69) is 33.8 Å². The van der Waals surface area contributed by atoms with Gasteiger partial charge in [-0.2, -0.15) is 5.26 Å². The van der Waals surface area contributed by atoms with E-state index in [1.807, 2.05) is 0 Å². The molecule has 0 saturated carbocycles. The van der Waals surface area contributed by atoms with E-state index in [0.29, 0.717) is 0 Å². The molecule has 0 heterocycles. The van der Waals surface area contributed by atoms with Gasteiger partial charge in [-0.25, -0.2) is 0 Å². The first-order chi connectivity index (χ1) is 19.1. The Morgan fingerprint density at radius 2 is 0.615 bits per heavy atom. The van der Waals surface area contributed by atoms with E-state index in [1.165, 1.54) is 180 Å². The summed E-state index contributed by atoms with van der Waals surface area (Å²) in [5, 5.41) is 8.55. The minimum Gasteiger partial charge on any atom is -0.198 e. The third kappa shape index (κ3) is 31.9. The van der Waals surface area contributed by atoms with Gasteiger partial charge < -0.3 is 0 Å². The monoisotopic (exact) mass is 546 g/mol. The van der Waals surface area contributed by atoms with Crippen LogP contribution in [0, 0.1) is 29.1 Å². The zero-order valence-electron chi connectivity index (χ0n) is 27.9. The quantitative estimate of drug-likeness (QED) is 0.0771. The maximum Gasteiger partial charge on any atom is 0.0621 e. The average Bonchev–Trinajstić information content (AvgIpc) is 2.92. The minimum atomic E-state index is 0.748. The Hall–Kier alpha value is -0.510. The third-order valence-corrected chi connectivity index (χ3v) is 9.32. The summed E-state index contributed by atoms with van der Waals surface area (Å²) in [6.07, 6.45) is 42.1. The van der Waals surface area contributed by atoms with Gasteiger partial charge in [0, 0.05) is 6.42 Å². The van der Waals surface area contributed by atoms with E-state index in [4.69, 9.17) is 5.26 Å². The Morgan fingerprint density at radius 1 is 0.359 bits per heavy atom. The normalized spacial score (nSPS) is 13.8. The Bertz CT molecular complexity index is 491. The largest absolute Gasteiger partial charge is 0.198 e. The van der Waals surface area contributed by atoms with Gasteiger partial charge in [-0.3, -0.25) is 0 Å². The Morgan fingerprint density at radius 3 is 0.923 bits per heavy atom. The van der Waals surface area contributed by atoms with Crippen LogP contribution in [0.25, 0.3) is 0 Å². The van der Waals surface area contributed by atoms with E-state index in [9.17, 15) is 0 Å². The molecule has 3 unspecified atom stereocenters. The van der Waals surface area contributed by atoms with Crippen molar-refractivity contribution in [3.05, 3.63) is 0 Å². The van der Waals surface area contributed by atoms with Crippen LogP contribution in [0.5, 0.6) is 0 Å². The summed E-state index contributed by atoms with van der Waals surface area (Å²) < 4.78 is 0. The van der Waals surface area contributed by atoms with Crippen molar-refractivity contribution in [3.63, 3.8) is 0 Å². The molecule has 0 N–H and O–H groups in total. The molecule has 0 radical (unpaired) electrons. The van der Waals surface area contributed by atoms with Gasteiger partial charge in [0.25, 0.3) is 0 Å². The lowest BCUT2D eigenvalue weighted by Crippen LogP contribution is -2.01. The molecule has 1 heteroatoms. The van der Waals surface area contributed by atoms with Crippen LogP contribution in [0.2, 0.25) is 0 Å². The molecule has 0 aromatic rings. The first-order valence-corrected chi connectivity index (χ1v) is 18.5. The van der Waals surface area contributed by atoms with E-state index in [-0.39, 0.29) is 0 Å². The molecule has 39 heavy (non-hydrogen) atoms. The first kappa shape index (κ1) is 38.5. The third-order valence-electron chi connectivity index (χ3n) is 9.32. The van der Waals surface area contributed by atoms with E-state index < -0.39 is 0 Å². The molecular weight excluding hydrogens is 470 g/mol. The van der Waals surface area contributed by atoms with E-state index in [1.54, 1.807) is 0 Å². The van der Waals surface area contributed by atoms with Gasteiger partial charge >= 0.3 is 0 Å². The fraction of sp³-hybridized carbons (Fsp3) is 0.974. The lowest BCUT2D eigenvalue weighted by molar-refractivity contribution is 0.373. The van der Waals surface area contributed by atoms with Crippen molar-refractivity contribution in [2.75, 3.05) is 0 Å². The van der Waals surface area contributed by atoms with Crippen LogP contribution in [-0.4, -0.2) is 0 Å². The zero-order chi connectivity index (χ0) is 28.7. The number of unbranched alkanes of at least 4 members (excludes halogenated alkanes) is 20. The molecule has 0 bridgehead atoms. The van der Waals surface area contributed by atoms with Crippen molar-refractivity contribution >= 4 is 0 Å². The van der Waals surface area contributed by atoms with Crippen LogP contribution >= 0.6 is 0 Å². The van der Waals surface area contributed by atoms with Gasteiger partial charge in [-0.05, 0) is 24.2 Å². The molecule has 0 aliphatic rings. The van der Waals surface area contributed by atoms with Gasteiger partial charge in [-0.1, -0.05) is 207 Å². The SMILES string of the molecule is CCCCCCCCC(C)CCCC(C)CCCC(C)CCCCCCCCCCCCCCCCCC#N. The number of rotatable bonds is 32. The maximum atomic E-state index is 8.55. The van der Waals surface area contributed by atoms with Gasteiger partial charge in [0.15, 0.2) is 0 Å². The van der Waals surface area contributed by atoms with Crippen LogP contribution in [0.3, 0.4) is 0 Å². The summed E-state index contributed by atoms with van der Waals surface area (Å²) >= 11 is 0. The molecule has 0 aliphatic carbocycles. The molecule has 1 nitrogen and oxygen atoms in total. The van der Waals surface area contributed by atoms with Crippen molar-refractivity contribution in [1.82, 2.24) is 0 Å². The smallest absolute Gasteiger partial charge is 0.0621 e. The highest BCUT2D eigenvalue weighted by atomic mass is 14.2. The Kier molecular flexibility index (Phi) is 31.6. The van der Waals surface area contributed by atoms with Crippen LogP contribution < -0.4 is 0 Å². The minimum absolute atomic E-state index is 0.748. The maximum absolute atomic E-state index is 8.55. The van der Waals surface area contributed by atoms with Crippen LogP contribution in [0.15, 0.2) is 0 Å². The van der Waals surface area contributed by atoms with E-state index in [0.717, 1.165) is 30.6 Å². The molecule has 3 atom stereocenters. The lowest BCUT2D eigenvalue weighted by atomic mass is 9.90. The fourth-order valence-corrected chi connectivity index (χ4v) is 6.33. The molecule has 0 spiro atoms. The van der Waals surface area contributed by atoms with Crippen LogP contribution in [0.4, 0.5) is 0 Å². The van der Waals surface area contributed by atoms with E-state index >= 15 is 0 Å². The highest BCUT2D eigenvalue weighted by Crippen LogP contribution is 2.23. The lowest BCUT2D eigenvalue weighted by Gasteiger charge is -2.16. The van der Waals surface area contributed by atoms with Gasteiger partial charge in [0.2, 0.25) is 0 Å². The molecule has 0 aliphatic heterocycles. The predicted molar refractivity (Wildman–Crippen MR) is 177 cm³/mol. The van der Waals surface area contributed by atoms with Crippen molar-refractivity contribution in [3.8, 4) is 6.07 Å². The summed E-state index contributed by atoms with van der Waals surface area (Å²) in [5.41, 5.74) is 0. The fourth-order valence-electron chi connectivity index (χ4n) is 6.33. The second-order valence-electron chi connectivity index (χ2n) is 13.7. The first-order valence-electron chi connectivity index (χ1n) is 18.5. The Labute approximate surface area is 249 Å². The second-order valence-corrected chi connectivity index (χ2v) is 13.7. The molecule has 0 saturated heterocycles. The highest BCUT2D eigenvalue weighted by Gasteiger charge is 2.08. The molecule has 0 rings (SSSR count). The average molecular weight is 546 g/mol. The summed E-state index contributed by atoms with van der Waals surface area (Å²) in [5.74, 6) is 2.82. The summed E-state index contributed by atoms with van der Waals surface area (Å²) in [6, 6.07) is 2.25. The summed E-state index contributed by atoms with van der Waals surface area (Å²) in [7, 11) is 0. The topological polar surface area (TPSA) is 23.8 Å². The summed E-state index contributed by atoms with van der Waals surface area (Å²) in [4.78, 5) is 0. The van der Waals surface area contributed by atoms with Crippen LogP contribution in [-0.2, 0) is 0 Å². The summed E-state index contributed by atoms with van der Waals surface area (Å²) in [6.45, 7) is 9.81. The van der Waals surface area contributed by atoms with Gasteiger partial charge in [0.1, 0.15) is 0 Å². The van der Waals surface area contributed by atoms with Crippen molar-refractivity contribution in [2.45, 2.75) is 220 Å². The highest BCUT2D eigenvalue weighted by molar-refractivity contribution is 4.67. The molecule has 232 valence electrons. The Balaban J connectivity index is 3.34. The second kappa shape index (κ2) is 32.0. The van der Waals surface area contributed by atoms with Crippen molar-refractivity contribution in [1.29, 1.82) is 5.26 Å². The van der Waals surface area contributed by atoms with Gasteiger partial charge in [-0.15, -0.1) is 0 Å². The molecule has 0 amide bonds. The molecule has 0 aromatic heterocycles. The molecule has 0 fully saturated rings. The molecular formula is C38H75N.